The van der Waals surface area contributed by atoms with Crippen LogP contribution in [0.2, 0.25) is 10.0 Å². The minimum Gasteiger partial charge on any atom is -0.476 e. The molecule has 186 valence electrons. The summed E-state index contributed by atoms with van der Waals surface area (Å²) in [7, 11) is 1.51. The molecule has 3 rings (SSSR count). The molecule has 0 aromatic carbocycles. The molecule has 1 saturated heterocycles. The maximum Gasteiger partial charge on any atom is 0.356 e. The van der Waals surface area contributed by atoms with Crippen molar-refractivity contribution in [3.8, 4) is 0 Å². The molecule has 11 nitrogen and oxygen atoms in total. The number of rotatable bonds is 8. The Kier molecular flexibility index (Phi) is 8.42. The number of amides is 2. The van der Waals surface area contributed by atoms with E-state index >= 15 is 0 Å². The highest BCUT2D eigenvalue weighted by Crippen LogP contribution is 2.31. The maximum absolute atomic E-state index is 12.7. The van der Waals surface area contributed by atoms with Gasteiger partial charge < -0.3 is 35.5 Å². The molecular weight excluding hydrogens is 509 g/mol. The van der Waals surface area contributed by atoms with Gasteiger partial charge in [-0.25, -0.2) is 9.78 Å². The number of piperidine rings is 1. The fraction of sp³-hybridized carbons (Fsp3) is 0.500. The molecule has 1 fully saturated rings. The van der Waals surface area contributed by atoms with Crippen LogP contribution < -0.4 is 15.5 Å². The number of nitrogens with one attached hydrogen (secondary N) is 3. The summed E-state index contributed by atoms with van der Waals surface area (Å²) in [6.07, 6.45) is -0.740. The molecule has 34 heavy (non-hydrogen) atoms. The molecule has 3 heterocycles. The van der Waals surface area contributed by atoms with Crippen LogP contribution in [-0.2, 0) is 4.74 Å². The molecule has 0 bridgehead atoms. The lowest BCUT2D eigenvalue weighted by atomic mass is 10.0. The highest BCUT2D eigenvalue weighted by Gasteiger charge is 2.34. The van der Waals surface area contributed by atoms with Crippen LogP contribution in [0.4, 0.5) is 5.13 Å². The highest BCUT2D eigenvalue weighted by atomic mass is 35.5. The van der Waals surface area contributed by atoms with Crippen LogP contribution in [0.3, 0.4) is 0 Å². The average Bonchev–Trinajstić information content (AvgIpc) is 3.35. The molecule has 1 aliphatic rings. The van der Waals surface area contributed by atoms with Gasteiger partial charge in [-0.1, -0.05) is 34.5 Å². The van der Waals surface area contributed by atoms with E-state index in [1.165, 1.54) is 14.0 Å². The van der Waals surface area contributed by atoms with Crippen LogP contribution in [0.15, 0.2) is 0 Å². The first-order valence-electron chi connectivity index (χ1n) is 10.4. The van der Waals surface area contributed by atoms with Gasteiger partial charge in [-0.2, -0.15) is 0 Å². The second-order valence-corrected chi connectivity index (χ2v) is 9.61. The summed E-state index contributed by atoms with van der Waals surface area (Å²) < 4.78 is 5.58. The van der Waals surface area contributed by atoms with Crippen molar-refractivity contribution in [3.05, 3.63) is 32.0 Å². The van der Waals surface area contributed by atoms with Gasteiger partial charge in [0.05, 0.1) is 28.3 Å². The molecule has 0 radical (unpaired) electrons. The van der Waals surface area contributed by atoms with Gasteiger partial charge in [0.1, 0.15) is 10.6 Å². The topological polar surface area (TPSA) is 157 Å². The average molecular weight is 534 g/mol. The molecule has 0 spiro atoms. The number of hydrogen-bond acceptors (Lipinski definition) is 8. The number of ether oxygens (including phenoxy) is 1. The fourth-order valence-electron chi connectivity index (χ4n) is 3.53. The number of aryl methyl sites for hydroxylation is 1. The molecule has 1 unspecified atom stereocenters. The third kappa shape index (κ3) is 5.63. The number of carbonyl (C=O) groups is 3. The lowest BCUT2D eigenvalue weighted by molar-refractivity contribution is 0.0539. The van der Waals surface area contributed by atoms with Crippen molar-refractivity contribution >= 4 is 57.5 Å². The Morgan fingerprint density at radius 1 is 1.32 bits per heavy atom. The molecule has 0 saturated carbocycles. The Hall–Kier alpha value is -2.38. The molecule has 0 aliphatic carbocycles. The lowest BCUT2D eigenvalue weighted by Gasteiger charge is -2.37. The zero-order chi connectivity index (χ0) is 25.2. The number of nitrogens with zero attached hydrogens (tertiary/aromatic N) is 2. The quantitative estimate of drug-likeness (QED) is 0.344. The van der Waals surface area contributed by atoms with E-state index in [1.54, 1.807) is 6.92 Å². The SMILES string of the molecule is CO[C@H]1CN(c2nc(C(=O)O)c(C(=O)NCC(C)O)s2)CC[C@H]1NC(=O)c1[nH]c(C)c(Cl)c1Cl. The maximum atomic E-state index is 12.7. The second kappa shape index (κ2) is 10.9. The lowest BCUT2D eigenvalue weighted by Crippen LogP contribution is -2.55. The summed E-state index contributed by atoms with van der Waals surface area (Å²) in [4.78, 5) is 45.6. The zero-order valence-electron chi connectivity index (χ0n) is 18.6. The van der Waals surface area contributed by atoms with Gasteiger partial charge in [-0.3, -0.25) is 9.59 Å². The largest absolute Gasteiger partial charge is 0.476 e. The molecule has 2 amide bonds. The smallest absolute Gasteiger partial charge is 0.356 e. The highest BCUT2D eigenvalue weighted by molar-refractivity contribution is 7.17. The van der Waals surface area contributed by atoms with Crippen molar-refractivity contribution in [2.75, 3.05) is 31.6 Å². The van der Waals surface area contributed by atoms with Gasteiger partial charge in [0.15, 0.2) is 10.8 Å². The Labute approximate surface area is 209 Å². The van der Waals surface area contributed by atoms with Crippen LogP contribution in [-0.4, -0.2) is 83.0 Å². The van der Waals surface area contributed by atoms with Crippen LogP contribution in [0.25, 0.3) is 0 Å². The molecular formula is C20H25Cl2N5O6S. The summed E-state index contributed by atoms with van der Waals surface area (Å²) >= 11 is 13.1. The van der Waals surface area contributed by atoms with Crippen molar-refractivity contribution in [1.29, 1.82) is 0 Å². The molecule has 3 atom stereocenters. The Balaban J connectivity index is 1.73. The Morgan fingerprint density at radius 3 is 2.59 bits per heavy atom. The normalized spacial score (nSPS) is 19.1. The van der Waals surface area contributed by atoms with E-state index in [0.29, 0.717) is 30.3 Å². The van der Waals surface area contributed by atoms with E-state index in [4.69, 9.17) is 27.9 Å². The number of carbonyl (C=O) groups excluding carboxylic acids is 2. The third-order valence-corrected chi connectivity index (χ3v) is 7.37. The van der Waals surface area contributed by atoms with Gasteiger partial charge in [0.25, 0.3) is 11.8 Å². The minimum atomic E-state index is -1.33. The molecule has 1 aliphatic heterocycles. The number of aromatic carboxylic acids is 1. The van der Waals surface area contributed by atoms with Crippen molar-refractivity contribution < 1.29 is 29.3 Å². The number of anilines is 1. The summed E-state index contributed by atoms with van der Waals surface area (Å²) in [5.41, 5.74) is 0.391. The van der Waals surface area contributed by atoms with Gasteiger partial charge in [-0.05, 0) is 20.3 Å². The Bertz CT molecular complexity index is 1090. The van der Waals surface area contributed by atoms with Crippen molar-refractivity contribution in [2.24, 2.45) is 0 Å². The van der Waals surface area contributed by atoms with E-state index in [2.05, 4.69) is 20.6 Å². The summed E-state index contributed by atoms with van der Waals surface area (Å²) in [5, 5.41) is 25.0. The fourth-order valence-corrected chi connectivity index (χ4v) is 4.95. The van der Waals surface area contributed by atoms with E-state index in [0.717, 1.165) is 11.3 Å². The molecule has 2 aromatic heterocycles. The van der Waals surface area contributed by atoms with Gasteiger partial charge in [-0.15, -0.1) is 0 Å². The first kappa shape index (κ1) is 26.2. The van der Waals surface area contributed by atoms with Crippen molar-refractivity contribution in [2.45, 2.75) is 38.5 Å². The van der Waals surface area contributed by atoms with Crippen molar-refractivity contribution in [3.63, 3.8) is 0 Å². The Morgan fingerprint density at radius 2 is 2.03 bits per heavy atom. The predicted molar refractivity (Wildman–Crippen MR) is 128 cm³/mol. The number of aromatic nitrogens is 2. The molecule has 2 aromatic rings. The number of aliphatic hydroxyl groups excluding tert-OH is 1. The number of aromatic amines is 1. The first-order chi connectivity index (χ1) is 16.0. The van der Waals surface area contributed by atoms with E-state index in [9.17, 15) is 24.6 Å². The van der Waals surface area contributed by atoms with E-state index in [1.807, 2.05) is 4.90 Å². The number of hydrogen-bond donors (Lipinski definition) is 5. The van der Waals surface area contributed by atoms with Gasteiger partial charge in [0.2, 0.25) is 0 Å². The summed E-state index contributed by atoms with van der Waals surface area (Å²) in [6, 6.07) is -0.347. The minimum absolute atomic E-state index is 0.0163. The van der Waals surface area contributed by atoms with E-state index < -0.39 is 30.0 Å². The van der Waals surface area contributed by atoms with Crippen LogP contribution in [0.1, 0.15) is 49.7 Å². The molecule has 14 heteroatoms. The van der Waals surface area contributed by atoms with Crippen LogP contribution in [0.5, 0.6) is 0 Å². The summed E-state index contributed by atoms with van der Waals surface area (Å²) in [6.45, 7) is 3.94. The number of methoxy groups -OCH3 is 1. The number of aliphatic hydroxyl groups is 1. The number of carboxylic acids is 1. The van der Waals surface area contributed by atoms with Crippen LogP contribution >= 0.6 is 34.5 Å². The van der Waals surface area contributed by atoms with Gasteiger partial charge >= 0.3 is 5.97 Å². The van der Waals surface area contributed by atoms with Crippen molar-refractivity contribution in [1.82, 2.24) is 20.6 Å². The van der Waals surface area contributed by atoms with E-state index in [-0.39, 0.29) is 38.9 Å². The number of thiazole rings is 1. The van der Waals surface area contributed by atoms with Crippen LogP contribution in [0, 0.1) is 6.92 Å². The first-order valence-corrected chi connectivity index (χ1v) is 11.9. The monoisotopic (exact) mass is 533 g/mol. The zero-order valence-corrected chi connectivity index (χ0v) is 21.0. The summed E-state index contributed by atoms with van der Waals surface area (Å²) in [5.74, 6) is -2.36. The third-order valence-electron chi connectivity index (χ3n) is 5.31. The standard InChI is InChI=1S/C20H25Cl2N5O6S/c1-8(28)6-23-18(30)16-15(19(31)32)26-20(34-16)27-5-4-10(11(7-27)33-3)25-17(29)14-13(22)12(21)9(2)24-14/h8,10-11,24,28H,4-7H2,1-3H3,(H,23,30)(H,25,29)(H,31,32)/t8?,10-,11+/m1/s1. The number of carboxylic acid groups (broad SMARTS) is 1. The molecule has 5 N–H and O–H groups in total. The number of H-pyrrole nitrogens is 1. The predicted octanol–water partition coefficient (Wildman–Crippen LogP) is 1.92. The number of halogens is 2. The van der Waals surface area contributed by atoms with Gasteiger partial charge in [0, 0.05) is 32.4 Å². The second-order valence-electron chi connectivity index (χ2n) is 7.88.